The topological polar surface area (TPSA) is 93.5 Å². The number of aromatic nitrogens is 2. The molecule has 27 heavy (non-hydrogen) atoms. The van der Waals surface area contributed by atoms with Gasteiger partial charge in [0.15, 0.2) is 0 Å². The number of nitrogens with zero attached hydrogens (tertiary/aromatic N) is 2. The number of nitrogens with one attached hydrogen (secondary N) is 1. The molecule has 2 aromatic heterocycles. The number of carbonyl (C=O) groups is 2. The number of carboxylic acid groups (broad SMARTS) is 1. The van der Waals surface area contributed by atoms with Gasteiger partial charge in [0, 0.05) is 25.2 Å². The predicted octanol–water partition coefficient (Wildman–Crippen LogP) is 3.86. The Bertz CT molecular complexity index is 1020. The summed E-state index contributed by atoms with van der Waals surface area (Å²) in [5.41, 5.74) is 2.16. The van der Waals surface area contributed by atoms with Crippen molar-refractivity contribution in [3.8, 4) is 0 Å². The van der Waals surface area contributed by atoms with E-state index in [0.29, 0.717) is 16.1 Å². The molecule has 1 aromatic carbocycles. The molecule has 0 saturated heterocycles. The SMILES string of the molecule is COCc1cc(NC(=O)c2cc3c(C(C)C)nn(C)c3s2)cc(C(=O)O)c1. The maximum absolute atomic E-state index is 12.7. The van der Waals surface area contributed by atoms with Gasteiger partial charge in [0.2, 0.25) is 0 Å². The Morgan fingerprint density at radius 1 is 1.30 bits per heavy atom. The second-order valence-corrected chi connectivity index (χ2v) is 7.63. The van der Waals surface area contributed by atoms with Crippen LogP contribution >= 0.6 is 11.3 Å². The van der Waals surface area contributed by atoms with Gasteiger partial charge in [0.1, 0.15) is 4.83 Å². The number of ether oxygens (including phenoxy) is 1. The van der Waals surface area contributed by atoms with E-state index < -0.39 is 5.97 Å². The maximum Gasteiger partial charge on any atom is 0.335 e. The van der Waals surface area contributed by atoms with Crippen molar-refractivity contribution in [2.24, 2.45) is 7.05 Å². The van der Waals surface area contributed by atoms with Crippen LogP contribution in [0.3, 0.4) is 0 Å². The zero-order valence-corrected chi connectivity index (χ0v) is 16.4. The second-order valence-electron chi connectivity index (χ2n) is 6.60. The Morgan fingerprint density at radius 3 is 2.67 bits per heavy atom. The maximum atomic E-state index is 12.7. The fourth-order valence-electron chi connectivity index (χ4n) is 2.93. The molecule has 0 fully saturated rings. The Labute approximate surface area is 160 Å². The monoisotopic (exact) mass is 387 g/mol. The van der Waals surface area contributed by atoms with Crippen LogP contribution in [0.5, 0.6) is 0 Å². The number of hydrogen-bond acceptors (Lipinski definition) is 5. The molecular formula is C19H21N3O4S. The molecule has 3 rings (SSSR count). The van der Waals surface area contributed by atoms with E-state index >= 15 is 0 Å². The summed E-state index contributed by atoms with van der Waals surface area (Å²) in [7, 11) is 3.39. The minimum atomic E-state index is -1.06. The summed E-state index contributed by atoms with van der Waals surface area (Å²) in [5.74, 6) is -1.09. The lowest BCUT2D eigenvalue weighted by molar-refractivity contribution is 0.0696. The number of hydrogen-bond donors (Lipinski definition) is 2. The number of carboxylic acids is 1. The molecule has 0 aliphatic rings. The molecule has 142 valence electrons. The first-order chi connectivity index (χ1) is 12.8. The average molecular weight is 387 g/mol. The number of fused-ring (bicyclic) bond motifs is 1. The first-order valence-corrected chi connectivity index (χ1v) is 9.25. The Hall–Kier alpha value is -2.71. The van der Waals surface area contributed by atoms with Crippen LogP contribution in [0, 0.1) is 0 Å². The highest BCUT2D eigenvalue weighted by Crippen LogP contribution is 2.32. The van der Waals surface area contributed by atoms with Crippen molar-refractivity contribution in [2.75, 3.05) is 12.4 Å². The third-order valence-electron chi connectivity index (χ3n) is 4.12. The molecule has 0 aliphatic carbocycles. The van der Waals surface area contributed by atoms with Crippen molar-refractivity contribution in [3.05, 3.63) is 46.0 Å². The molecular weight excluding hydrogens is 366 g/mol. The number of aromatic carboxylic acids is 1. The number of methoxy groups -OCH3 is 1. The van der Waals surface area contributed by atoms with Gasteiger partial charge in [-0.1, -0.05) is 13.8 Å². The smallest absolute Gasteiger partial charge is 0.335 e. The first-order valence-electron chi connectivity index (χ1n) is 8.44. The van der Waals surface area contributed by atoms with Crippen molar-refractivity contribution in [1.29, 1.82) is 0 Å². The lowest BCUT2D eigenvalue weighted by Crippen LogP contribution is -2.11. The van der Waals surface area contributed by atoms with Crippen LogP contribution in [0.4, 0.5) is 5.69 Å². The fourth-order valence-corrected chi connectivity index (χ4v) is 3.91. The van der Waals surface area contributed by atoms with Gasteiger partial charge in [-0.05, 0) is 35.7 Å². The number of anilines is 1. The number of benzene rings is 1. The molecule has 8 heteroatoms. The van der Waals surface area contributed by atoms with Gasteiger partial charge in [-0.3, -0.25) is 9.48 Å². The van der Waals surface area contributed by atoms with E-state index in [1.54, 1.807) is 10.7 Å². The normalized spacial score (nSPS) is 11.3. The van der Waals surface area contributed by atoms with Gasteiger partial charge >= 0.3 is 5.97 Å². The third kappa shape index (κ3) is 3.86. The standard InChI is InChI=1S/C19H21N3O4S/c1-10(2)16-14-8-15(27-18(14)22(3)21-16)17(23)20-13-6-11(9-26-4)5-12(7-13)19(24)25/h5-8,10H,9H2,1-4H3,(H,20,23)(H,24,25). The molecule has 0 radical (unpaired) electrons. The minimum absolute atomic E-state index is 0.0995. The number of carbonyl (C=O) groups excluding carboxylic acids is 1. The minimum Gasteiger partial charge on any atom is -0.478 e. The predicted molar refractivity (Wildman–Crippen MR) is 105 cm³/mol. The summed E-state index contributed by atoms with van der Waals surface area (Å²) in [5, 5.41) is 17.6. The van der Waals surface area contributed by atoms with E-state index in [-0.39, 0.29) is 24.0 Å². The summed E-state index contributed by atoms with van der Waals surface area (Å²) >= 11 is 1.36. The molecule has 0 unspecified atom stereocenters. The van der Waals surface area contributed by atoms with Gasteiger partial charge in [-0.2, -0.15) is 5.10 Å². The van der Waals surface area contributed by atoms with Crippen LogP contribution in [0.1, 0.15) is 51.1 Å². The third-order valence-corrected chi connectivity index (χ3v) is 5.32. The number of thiophene rings is 1. The van der Waals surface area contributed by atoms with Crippen molar-refractivity contribution in [2.45, 2.75) is 26.4 Å². The molecule has 1 amide bonds. The van der Waals surface area contributed by atoms with Gasteiger partial charge in [0.25, 0.3) is 5.91 Å². The highest BCUT2D eigenvalue weighted by molar-refractivity contribution is 7.20. The lowest BCUT2D eigenvalue weighted by Gasteiger charge is -2.08. The van der Waals surface area contributed by atoms with Crippen LogP contribution in [0.2, 0.25) is 0 Å². The quantitative estimate of drug-likeness (QED) is 0.670. The van der Waals surface area contributed by atoms with Crippen molar-refractivity contribution < 1.29 is 19.4 Å². The van der Waals surface area contributed by atoms with Crippen LogP contribution in [-0.4, -0.2) is 33.9 Å². The van der Waals surface area contributed by atoms with E-state index in [2.05, 4.69) is 24.3 Å². The zero-order chi connectivity index (χ0) is 19.7. The number of rotatable bonds is 6. The average Bonchev–Trinajstić information content (AvgIpc) is 3.15. The summed E-state index contributed by atoms with van der Waals surface area (Å²) in [4.78, 5) is 25.5. The molecule has 0 aliphatic heterocycles. The summed E-state index contributed by atoms with van der Waals surface area (Å²) in [6, 6.07) is 6.52. The van der Waals surface area contributed by atoms with Crippen LogP contribution in [-0.2, 0) is 18.4 Å². The Morgan fingerprint density at radius 2 is 2.04 bits per heavy atom. The number of aryl methyl sites for hydroxylation is 1. The summed E-state index contributed by atoms with van der Waals surface area (Å²) in [6.07, 6.45) is 0. The van der Waals surface area contributed by atoms with Crippen LogP contribution in [0.15, 0.2) is 24.3 Å². The Kier molecular flexibility index (Phi) is 5.29. The van der Waals surface area contributed by atoms with E-state index in [1.807, 2.05) is 13.1 Å². The second kappa shape index (κ2) is 7.50. The van der Waals surface area contributed by atoms with E-state index in [4.69, 9.17) is 4.74 Å². The molecule has 2 heterocycles. The Balaban J connectivity index is 1.92. The van der Waals surface area contributed by atoms with Gasteiger partial charge < -0.3 is 15.2 Å². The van der Waals surface area contributed by atoms with Crippen molar-refractivity contribution in [3.63, 3.8) is 0 Å². The van der Waals surface area contributed by atoms with Crippen LogP contribution in [0.25, 0.3) is 10.2 Å². The van der Waals surface area contributed by atoms with E-state index in [9.17, 15) is 14.7 Å². The highest BCUT2D eigenvalue weighted by Gasteiger charge is 2.19. The van der Waals surface area contributed by atoms with E-state index in [1.165, 1.54) is 30.6 Å². The molecule has 2 N–H and O–H groups in total. The van der Waals surface area contributed by atoms with E-state index in [0.717, 1.165) is 15.9 Å². The van der Waals surface area contributed by atoms with Gasteiger partial charge in [-0.25, -0.2) is 4.79 Å². The number of amides is 1. The van der Waals surface area contributed by atoms with Gasteiger partial charge in [0.05, 0.1) is 22.7 Å². The zero-order valence-electron chi connectivity index (χ0n) is 15.6. The molecule has 0 saturated carbocycles. The van der Waals surface area contributed by atoms with Crippen molar-refractivity contribution >= 4 is 39.1 Å². The molecule has 0 bridgehead atoms. The lowest BCUT2D eigenvalue weighted by atomic mass is 10.1. The molecule has 3 aromatic rings. The fraction of sp³-hybridized carbons (Fsp3) is 0.316. The highest BCUT2D eigenvalue weighted by atomic mass is 32.1. The first kappa shape index (κ1) is 19.1. The van der Waals surface area contributed by atoms with Crippen LogP contribution < -0.4 is 5.32 Å². The van der Waals surface area contributed by atoms with Crippen molar-refractivity contribution in [1.82, 2.24) is 9.78 Å². The summed E-state index contributed by atoms with van der Waals surface area (Å²) in [6.45, 7) is 4.39. The molecule has 0 spiro atoms. The van der Waals surface area contributed by atoms with Gasteiger partial charge in [-0.15, -0.1) is 11.3 Å². The largest absolute Gasteiger partial charge is 0.478 e. The molecule has 7 nitrogen and oxygen atoms in total. The molecule has 0 atom stereocenters. The summed E-state index contributed by atoms with van der Waals surface area (Å²) < 4.78 is 6.86.